The summed E-state index contributed by atoms with van der Waals surface area (Å²) in [7, 11) is 0. The third kappa shape index (κ3) is 4.45. The van der Waals surface area contributed by atoms with Crippen LogP contribution < -0.4 is 0 Å². The predicted molar refractivity (Wildman–Crippen MR) is 71.4 cm³/mol. The van der Waals surface area contributed by atoms with Crippen LogP contribution in [0, 0.1) is 0 Å². The molecule has 2 saturated heterocycles. The summed E-state index contributed by atoms with van der Waals surface area (Å²) in [6.07, 6.45) is 3.39. The number of carbonyl (C=O) groups is 2. The van der Waals surface area contributed by atoms with Gasteiger partial charge >= 0.3 is 5.97 Å². The number of hydrogen-bond donors (Lipinski definition) is 1. The van der Waals surface area contributed by atoms with Crippen molar-refractivity contribution >= 4 is 11.9 Å². The van der Waals surface area contributed by atoms with Gasteiger partial charge in [-0.2, -0.15) is 0 Å². The van der Waals surface area contributed by atoms with E-state index in [1.807, 2.05) is 0 Å². The highest BCUT2D eigenvalue weighted by Gasteiger charge is 2.27. The average Bonchev–Trinajstić information content (AvgIpc) is 2.81. The van der Waals surface area contributed by atoms with Gasteiger partial charge in [-0.05, 0) is 26.2 Å². The van der Waals surface area contributed by atoms with Crippen LogP contribution in [0.3, 0.4) is 0 Å². The molecule has 6 heteroatoms. The number of ether oxygens (including phenoxy) is 2. The van der Waals surface area contributed by atoms with E-state index in [1.54, 1.807) is 4.90 Å². The molecule has 2 heterocycles. The second-order valence-corrected chi connectivity index (χ2v) is 5.62. The van der Waals surface area contributed by atoms with Crippen molar-refractivity contribution < 1.29 is 24.2 Å². The number of nitrogens with zero attached hydrogens (tertiary/aromatic N) is 1. The SMILES string of the molecule is CC1CCC(CCC(=O)N2CCOC(CC(=O)O)C2)O1. The van der Waals surface area contributed by atoms with Gasteiger partial charge in [-0.15, -0.1) is 0 Å². The lowest BCUT2D eigenvalue weighted by Gasteiger charge is -2.32. The average molecular weight is 285 g/mol. The molecule has 114 valence electrons. The highest BCUT2D eigenvalue weighted by molar-refractivity contribution is 5.76. The van der Waals surface area contributed by atoms with Crippen molar-refractivity contribution in [2.45, 2.75) is 57.3 Å². The number of aliphatic carboxylic acids is 1. The molecule has 2 aliphatic rings. The Hall–Kier alpha value is -1.14. The van der Waals surface area contributed by atoms with Crippen LogP contribution in [0.4, 0.5) is 0 Å². The van der Waals surface area contributed by atoms with Crippen molar-refractivity contribution in [2.24, 2.45) is 0 Å². The monoisotopic (exact) mass is 285 g/mol. The zero-order valence-electron chi connectivity index (χ0n) is 11.9. The molecule has 0 bridgehead atoms. The second-order valence-electron chi connectivity index (χ2n) is 5.62. The van der Waals surface area contributed by atoms with Gasteiger partial charge in [-0.1, -0.05) is 0 Å². The molecule has 0 radical (unpaired) electrons. The second kappa shape index (κ2) is 7.04. The van der Waals surface area contributed by atoms with Crippen molar-refractivity contribution in [3.63, 3.8) is 0 Å². The van der Waals surface area contributed by atoms with Crippen LogP contribution in [0.1, 0.15) is 39.0 Å². The van der Waals surface area contributed by atoms with E-state index < -0.39 is 5.97 Å². The Kier molecular flexibility index (Phi) is 5.37. The summed E-state index contributed by atoms with van der Waals surface area (Å²) < 4.78 is 11.1. The van der Waals surface area contributed by atoms with Gasteiger partial charge in [0.15, 0.2) is 0 Å². The van der Waals surface area contributed by atoms with E-state index >= 15 is 0 Å². The van der Waals surface area contributed by atoms with Gasteiger partial charge in [0.25, 0.3) is 0 Å². The van der Waals surface area contributed by atoms with E-state index in [2.05, 4.69) is 6.92 Å². The Balaban J connectivity index is 1.72. The number of rotatable bonds is 5. The van der Waals surface area contributed by atoms with E-state index in [9.17, 15) is 9.59 Å². The Morgan fingerprint density at radius 3 is 2.75 bits per heavy atom. The molecule has 2 rings (SSSR count). The lowest BCUT2D eigenvalue weighted by atomic mass is 10.1. The van der Waals surface area contributed by atoms with Crippen LogP contribution in [0.5, 0.6) is 0 Å². The summed E-state index contributed by atoms with van der Waals surface area (Å²) in [6, 6.07) is 0. The summed E-state index contributed by atoms with van der Waals surface area (Å²) in [6.45, 7) is 3.41. The molecule has 6 nitrogen and oxygen atoms in total. The van der Waals surface area contributed by atoms with E-state index in [0.717, 1.165) is 19.3 Å². The van der Waals surface area contributed by atoms with E-state index in [1.165, 1.54) is 0 Å². The molecule has 0 aromatic carbocycles. The minimum absolute atomic E-state index is 0.0486. The van der Waals surface area contributed by atoms with Gasteiger partial charge in [0.1, 0.15) is 0 Å². The van der Waals surface area contributed by atoms with Crippen LogP contribution in [0.25, 0.3) is 0 Å². The summed E-state index contributed by atoms with van der Waals surface area (Å²) in [5, 5.41) is 8.76. The molecule has 0 spiro atoms. The maximum absolute atomic E-state index is 12.1. The first-order chi connectivity index (χ1) is 9.54. The van der Waals surface area contributed by atoms with Gasteiger partial charge in [0, 0.05) is 19.5 Å². The number of morpholine rings is 1. The minimum Gasteiger partial charge on any atom is -0.481 e. The molecule has 20 heavy (non-hydrogen) atoms. The molecule has 1 N–H and O–H groups in total. The number of hydrogen-bond acceptors (Lipinski definition) is 4. The van der Waals surface area contributed by atoms with Gasteiger partial charge < -0.3 is 19.5 Å². The fraction of sp³-hybridized carbons (Fsp3) is 0.857. The molecule has 2 aliphatic heterocycles. The van der Waals surface area contributed by atoms with E-state index in [0.29, 0.717) is 32.2 Å². The molecular weight excluding hydrogens is 262 g/mol. The Morgan fingerprint density at radius 1 is 1.30 bits per heavy atom. The molecule has 0 saturated carbocycles. The van der Waals surface area contributed by atoms with E-state index in [-0.39, 0.29) is 24.5 Å². The highest BCUT2D eigenvalue weighted by atomic mass is 16.5. The standard InChI is InChI=1S/C14H23NO5/c1-10-2-3-11(20-10)4-5-13(16)15-6-7-19-12(9-15)8-14(17)18/h10-12H,2-9H2,1H3,(H,17,18). The summed E-state index contributed by atoms with van der Waals surface area (Å²) >= 11 is 0. The van der Waals surface area contributed by atoms with Crippen molar-refractivity contribution in [1.82, 2.24) is 4.90 Å². The van der Waals surface area contributed by atoms with Crippen molar-refractivity contribution in [3.05, 3.63) is 0 Å². The first kappa shape index (κ1) is 15.3. The zero-order valence-corrected chi connectivity index (χ0v) is 11.9. The number of carboxylic acid groups (broad SMARTS) is 1. The fourth-order valence-electron chi connectivity index (χ4n) is 2.80. The van der Waals surface area contributed by atoms with Crippen LogP contribution in [0.15, 0.2) is 0 Å². The third-order valence-corrected chi connectivity index (χ3v) is 3.89. The Morgan fingerprint density at radius 2 is 2.10 bits per heavy atom. The molecular formula is C14H23NO5. The molecule has 0 aromatic rings. The molecule has 0 aromatic heterocycles. The Labute approximate surface area is 119 Å². The first-order valence-electron chi connectivity index (χ1n) is 7.31. The topological polar surface area (TPSA) is 76.1 Å². The summed E-state index contributed by atoms with van der Waals surface area (Å²) in [4.78, 5) is 24.5. The summed E-state index contributed by atoms with van der Waals surface area (Å²) in [5.41, 5.74) is 0. The molecule has 3 atom stereocenters. The van der Waals surface area contributed by atoms with Gasteiger partial charge in [-0.3, -0.25) is 9.59 Å². The smallest absolute Gasteiger partial charge is 0.306 e. The molecule has 3 unspecified atom stereocenters. The Bertz CT molecular complexity index is 359. The van der Waals surface area contributed by atoms with Gasteiger partial charge in [-0.25, -0.2) is 0 Å². The molecule has 1 amide bonds. The van der Waals surface area contributed by atoms with Crippen LogP contribution in [-0.2, 0) is 19.1 Å². The first-order valence-corrected chi connectivity index (χ1v) is 7.31. The van der Waals surface area contributed by atoms with Crippen LogP contribution in [0.2, 0.25) is 0 Å². The quantitative estimate of drug-likeness (QED) is 0.816. The maximum atomic E-state index is 12.1. The molecule has 2 fully saturated rings. The van der Waals surface area contributed by atoms with Gasteiger partial charge in [0.2, 0.25) is 5.91 Å². The predicted octanol–water partition coefficient (Wildman–Crippen LogP) is 1.04. The number of amides is 1. The van der Waals surface area contributed by atoms with E-state index in [4.69, 9.17) is 14.6 Å². The van der Waals surface area contributed by atoms with Crippen LogP contribution in [-0.4, -0.2) is 59.9 Å². The normalized spacial score (nSPS) is 30.4. The number of carboxylic acids is 1. The number of carbonyl (C=O) groups excluding carboxylic acids is 1. The lowest BCUT2D eigenvalue weighted by molar-refractivity contribution is -0.148. The van der Waals surface area contributed by atoms with Crippen LogP contribution >= 0.6 is 0 Å². The molecule has 0 aliphatic carbocycles. The highest BCUT2D eigenvalue weighted by Crippen LogP contribution is 2.23. The van der Waals surface area contributed by atoms with Crippen molar-refractivity contribution in [3.8, 4) is 0 Å². The fourth-order valence-corrected chi connectivity index (χ4v) is 2.80. The lowest BCUT2D eigenvalue weighted by Crippen LogP contribution is -2.46. The summed E-state index contributed by atoms with van der Waals surface area (Å²) in [5.74, 6) is -0.815. The van der Waals surface area contributed by atoms with Crippen molar-refractivity contribution in [2.75, 3.05) is 19.7 Å². The largest absolute Gasteiger partial charge is 0.481 e. The minimum atomic E-state index is -0.891. The van der Waals surface area contributed by atoms with Crippen molar-refractivity contribution in [1.29, 1.82) is 0 Å². The third-order valence-electron chi connectivity index (χ3n) is 3.89. The van der Waals surface area contributed by atoms with Gasteiger partial charge in [0.05, 0.1) is 31.3 Å². The maximum Gasteiger partial charge on any atom is 0.306 e. The zero-order chi connectivity index (χ0) is 14.5.